The van der Waals surface area contributed by atoms with Crippen LogP contribution in [0.3, 0.4) is 0 Å². The lowest BCUT2D eigenvalue weighted by Gasteiger charge is -2.33. The Bertz CT molecular complexity index is 363. The summed E-state index contributed by atoms with van der Waals surface area (Å²) < 4.78 is 0. The fourth-order valence-corrected chi connectivity index (χ4v) is 3.25. The van der Waals surface area contributed by atoms with E-state index in [1.807, 2.05) is 0 Å². The molecule has 1 saturated heterocycles. The van der Waals surface area contributed by atoms with Crippen LogP contribution in [0.2, 0.25) is 0 Å². The first-order chi connectivity index (χ1) is 10.4. The molecular weight excluding hydrogens is 256 g/mol. The third-order valence-electron chi connectivity index (χ3n) is 4.65. The van der Waals surface area contributed by atoms with Crippen LogP contribution in [0.5, 0.6) is 0 Å². The number of rotatable bonds is 9. The highest BCUT2D eigenvalue weighted by Gasteiger charge is 2.16. The van der Waals surface area contributed by atoms with Crippen LogP contribution in [0.4, 0.5) is 0 Å². The average Bonchev–Trinajstić information content (AvgIpc) is 2.52. The van der Waals surface area contributed by atoms with Crippen molar-refractivity contribution < 1.29 is 0 Å². The van der Waals surface area contributed by atoms with Crippen LogP contribution in [0.25, 0.3) is 0 Å². The Hall–Kier alpha value is -0.860. The zero-order chi connectivity index (χ0) is 14.8. The van der Waals surface area contributed by atoms with Gasteiger partial charge in [0.05, 0.1) is 0 Å². The monoisotopic (exact) mass is 288 g/mol. The van der Waals surface area contributed by atoms with Crippen molar-refractivity contribution >= 4 is 0 Å². The van der Waals surface area contributed by atoms with E-state index in [4.69, 9.17) is 0 Å². The molecular formula is C19H32N2. The number of piperidine rings is 1. The topological polar surface area (TPSA) is 15.3 Å². The summed E-state index contributed by atoms with van der Waals surface area (Å²) in [5.74, 6) is 0. The number of hydrogen-bond acceptors (Lipinski definition) is 2. The van der Waals surface area contributed by atoms with E-state index in [0.29, 0.717) is 0 Å². The molecule has 2 rings (SSSR count). The van der Waals surface area contributed by atoms with Gasteiger partial charge in [0, 0.05) is 6.04 Å². The summed E-state index contributed by atoms with van der Waals surface area (Å²) in [4.78, 5) is 2.67. The number of aryl methyl sites for hydroxylation is 1. The molecule has 2 heteroatoms. The zero-order valence-corrected chi connectivity index (χ0v) is 13.7. The summed E-state index contributed by atoms with van der Waals surface area (Å²) in [5.41, 5.74) is 1.47. The van der Waals surface area contributed by atoms with Crippen molar-refractivity contribution in [3.63, 3.8) is 0 Å². The van der Waals surface area contributed by atoms with Gasteiger partial charge in [-0.25, -0.2) is 0 Å². The Labute approximate surface area is 130 Å². The standard InChI is InChI=1S/C19H32N2/c1-18-10-6-8-16-21(18)17-9-15-20-14-7-5-13-19-11-3-2-4-12-19/h2-4,11-12,18,20H,5-10,13-17H2,1H3. The smallest absolute Gasteiger partial charge is 0.00669 e. The van der Waals surface area contributed by atoms with E-state index in [-0.39, 0.29) is 0 Å². The van der Waals surface area contributed by atoms with Gasteiger partial charge in [-0.3, -0.25) is 0 Å². The number of hydrogen-bond donors (Lipinski definition) is 1. The molecule has 0 bridgehead atoms. The molecule has 1 heterocycles. The second-order valence-corrected chi connectivity index (χ2v) is 6.43. The molecule has 1 unspecified atom stereocenters. The van der Waals surface area contributed by atoms with Crippen molar-refractivity contribution in [3.8, 4) is 0 Å². The molecule has 2 nitrogen and oxygen atoms in total. The fraction of sp³-hybridized carbons (Fsp3) is 0.684. The van der Waals surface area contributed by atoms with Gasteiger partial charge in [-0.05, 0) is 77.2 Å². The summed E-state index contributed by atoms with van der Waals surface area (Å²) in [7, 11) is 0. The van der Waals surface area contributed by atoms with E-state index in [2.05, 4.69) is 47.5 Å². The van der Waals surface area contributed by atoms with Gasteiger partial charge in [-0.2, -0.15) is 0 Å². The third kappa shape index (κ3) is 6.62. The van der Waals surface area contributed by atoms with E-state index >= 15 is 0 Å². The van der Waals surface area contributed by atoms with Crippen LogP contribution in [0, 0.1) is 0 Å². The van der Waals surface area contributed by atoms with Crippen LogP contribution in [0.15, 0.2) is 30.3 Å². The van der Waals surface area contributed by atoms with Gasteiger partial charge in [0.25, 0.3) is 0 Å². The van der Waals surface area contributed by atoms with Gasteiger partial charge in [-0.1, -0.05) is 36.8 Å². The summed E-state index contributed by atoms with van der Waals surface area (Å²) in [6, 6.07) is 11.6. The van der Waals surface area contributed by atoms with Gasteiger partial charge in [0.2, 0.25) is 0 Å². The first kappa shape index (κ1) is 16.5. The Morgan fingerprint density at radius 1 is 1.05 bits per heavy atom. The number of unbranched alkanes of at least 4 members (excludes halogenated alkanes) is 1. The zero-order valence-electron chi connectivity index (χ0n) is 13.7. The van der Waals surface area contributed by atoms with Crippen molar-refractivity contribution in [3.05, 3.63) is 35.9 Å². The maximum absolute atomic E-state index is 3.60. The predicted octanol–water partition coefficient (Wildman–Crippen LogP) is 3.86. The lowest BCUT2D eigenvalue weighted by Crippen LogP contribution is -2.38. The minimum Gasteiger partial charge on any atom is -0.317 e. The van der Waals surface area contributed by atoms with Crippen molar-refractivity contribution in [2.24, 2.45) is 0 Å². The molecule has 1 N–H and O–H groups in total. The van der Waals surface area contributed by atoms with Crippen LogP contribution in [0.1, 0.15) is 51.0 Å². The molecule has 1 aromatic carbocycles. The molecule has 0 aliphatic carbocycles. The minimum absolute atomic E-state index is 0.810. The molecule has 0 saturated carbocycles. The summed E-state index contributed by atoms with van der Waals surface area (Å²) in [6.07, 6.45) is 9.31. The Balaban J connectivity index is 1.42. The molecule has 1 aliphatic rings. The molecule has 118 valence electrons. The molecule has 21 heavy (non-hydrogen) atoms. The summed E-state index contributed by atoms with van der Waals surface area (Å²) in [6.45, 7) is 7.32. The Morgan fingerprint density at radius 3 is 2.67 bits per heavy atom. The van der Waals surface area contributed by atoms with E-state index in [9.17, 15) is 0 Å². The van der Waals surface area contributed by atoms with Crippen LogP contribution in [-0.4, -0.2) is 37.1 Å². The highest BCUT2D eigenvalue weighted by atomic mass is 15.2. The van der Waals surface area contributed by atoms with Gasteiger partial charge < -0.3 is 10.2 Å². The third-order valence-corrected chi connectivity index (χ3v) is 4.65. The lowest BCUT2D eigenvalue weighted by atomic mass is 10.0. The van der Waals surface area contributed by atoms with E-state index in [0.717, 1.165) is 6.04 Å². The first-order valence-electron chi connectivity index (χ1n) is 8.85. The number of nitrogens with one attached hydrogen (secondary N) is 1. The van der Waals surface area contributed by atoms with Crippen molar-refractivity contribution in [2.45, 2.75) is 57.9 Å². The van der Waals surface area contributed by atoms with E-state index < -0.39 is 0 Å². The second-order valence-electron chi connectivity index (χ2n) is 6.43. The van der Waals surface area contributed by atoms with Gasteiger partial charge in [0.1, 0.15) is 0 Å². The predicted molar refractivity (Wildman–Crippen MR) is 91.8 cm³/mol. The number of benzene rings is 1. The molecule has 0 aromatic heterocycles. The number of likely N-dealkylation sites (tertiary alicyclic amines) is 1. The second kappa shape index (κ2) is 9.97. The highest BCUT2D eigenvalue weighted by Crippen LogP contribution is 2.16. The molecule has 0 amide bonds. The van der Waals surface area contributed by atoms with Crippen LogP contribution < -0.4 is 5.32 Å². The van der Waals surface area contributed by atoms with Gasteiger partial charge in [-0.15, -0.1) is 0 Å². The van der Waals surface area contributed by atoms with E-state index in [1.54, 1.807) is 0 Å². The largest absolute Gasteiger partial charge is 0.317 e. The fourth-order valence-electron chi connectivity index (χ4n) is 3.25. The Kier molecular flexibility index (Phi) is 7.83. The highest BCUT2D eigenvalue weighted by molar-refractivity contribution is 5.14. The summed E-state index contributed by atoms with van der Waals surface area (Å²) in [5, 5.41) is 3.60. The maximum atomic E-state index is 3.60. The van der Waals surface area contributed by atoms with Gasteiger partial charge in [0.15, 0.2) is 0 Å². The maximum Gasteiger partial charge on any atom is 0.00669 e. The van der Waals surface area contributed by atoms with Crippen molar-refractivity contribution in [1.82, 2.24) is 10.2 Å². The molecule has 1 aliphatic heterocycles. The minimum atomic E-state index is 0.810. The lowest BCUT2D eigenvalue weighted by molar-refractivity contribution is 0.159. The average molecular weight is 288 g/mol. The summed E-state index contributed by atoms with van der Waals surface area (Å²) >= 11 is 0. The Morgan fingerprint density at radius 2 is 1.86 bits per heavy atom. The molecule has 1 fully saturated rings. The number of nitrogens with zero attached hydrogens (tertiary/aromatic N) is 1. The van der Waals surface area contributed by atoms with Crippen molar-refractivity contribution in [1.29, 1.82) is 0 Å². The normalized spacial score (nSPS) is 19.8. The SMILES string of the molecule is CC1CCCCN1CCCNCCCCc1ccccc1. The van der Waals surface area contributed by atoms with Gasteiger partial charge >= 0.3 is 0 Å². The molecule has 0 radical (unpaired) electrons. The molecule has 0 spiro atoms. The first-order valence-corrected chi connectivity index (χ1v) is 8.85. The van der Waals surface area contributed by atoms with Crippen LogP contribution >= 0.6 is 0 Å². The quantitative estimate of drug-likeness (QED) is 0.694. The molecule has 1 aromatic rings. The van der Waals surface area contributed by atoms with E-state index in [1.165, 1.54) is 76.7 Å². The van der Waals surface area contributed by atoms with Crippen LogP contribution in [-0.2, 0) is 6.42 Å². The van der Waals surface area contributed by atoms with Crippen molar-refractivity contribution in [2.75, 3.05) is 26.2 Å². The molecule has 1 atom stereocenters.